The van der Waals surface area contributed by atoms with E-state index in [1.54, 1.807) is 5.57 Å². The Morgan fingerprint density at radius 1 is 1.12 bits per heavy atom. The Labute approximate surface area is 164 Å². The summed E-state index contributed by atoms with van der Waals surface area (Å²) >= 11 is 3.70. The third kappa shape index (κ3) is 2.60. The van der Waals surface area contributed by atoms with Crippen LogP contribution in [0, 0.1) is 5.92 Å². The lowest BCUT2D eigenvalue weighted by Gasteiger charge is -2.43. The molecule has 0 aromatic heterocycles. The number of benzene rings is 2. The van der Waals surface area contributed by atoms with Crippen LogP contribution in [0.1, 0.15) is 29.5 Å². The molecule has 26 heavy (non-hydrogen) atoms. The van der Waals surface area contributed by atoms with E-state index in [0.717, 1.165) is 19.8 Å². The van der Waals surface area contributed by atoms with Crippen molar-refractivity contribution in [3.8, 4) is 0 Å². The fourth-order valence-electron chi connectivity index (χ4n) is 5.35. The van der Waals surface area contributed by atoms with Crippen molar-refractivity contribution in [3.63, 3.8) is 0 Å². The first kappa shape index (κ1) is 16.7. The Kier molecular flexibility index (Phi) is 4.07. The molecule has 0 bridgehead atoms. The summed E-state index contributed by atoms with van der Waals surface area (Å²) in [5.74, 6) is 1.05. The van der Waals surface area contributed by atoms with Gasteiger partial charge in [-0.2, -0.15) is 0 Å². The molecule has 134 valence electrons. The van der Waals surface area contributed by atoms with Gasteiger partial charge in [0.2, 0.25) is 0 Å². The van der Waals surface area contributed by atoms with Gasteiger partial charge in [-0.25, -0.2) is 0 Å². The number of morpholine rings is 1. The van der Waals surface area contributed by atoms with Gasteiger partial charge in [-0.3, -0.25) is 0 Å². The van der Waals surface area contributed by atoms with Crippen LogP contribution in [0.5, 0.6) is 0 Å². The van der Waals surface area contributed by atoms with Crippen molar-refractivity contribution in [2.75, 3.05) is 32.8 Å². The molecule has 2 nitrogen and oxygen atoms in total. The molecule has 2 aliphatic heterocycles. The maximum atomic E-state index is 5.77. The lowest BCUT2D eigenvalue weighted by molar-refractivity contribution is -0.945. The van der Waals surface area contributed by atoms with Crippen LogP contribution in [0.4, 0.5) is 0 Å². The molecule has 5 rings (SSSR count). The average Bonchev–Trinajstić information content (AvgIpc) is 3.01. The number of ether oxygens (including phenoxy) is 1. The predicted octanol–water partition coefficient (Wildman–Crippen LogP) is 4.84. The molecule has 3 heteroatoms. The van der Waals surface area contributed by atoms with Gasteiger partial charge in [-0.1, -0.05) is 52.3 Å². The molecule has 0 amide bonds. The van der Waals surface area contributed by atoms with E-state index >= 15 is 0 Å². The molecule has 2 saturated heterocycles. The van der Waals surface area contributed by atoms with E-state index in [1.165, 1.54) is 38.7 Å². The zero-order valence-electron chi connectivity index (χ0n) is 15.2. The third-order valence-electron chi connectivity index (χ3n) is 6.79. The molecule has 2 aromatic carbocycles. The molecule has 2 aromatic rings. The number of halogens is 1. The van der Waals surface area contributed by atoms with Crippen molar-refractivity contribution in [3.05, 3.63) is 75.3 Å². The predicted molar refractivity (Wildman–Crippen MR) is 109 cm³/mol. The van der Waals surface area contributed by atoms with E-state index in [1.807, 2.05) is 0 Å². The quantitative estimate of drug-likeness (QED) is 0.610. The van der Waals surface area contributed by atoms with Gasteiger partial charge in [0.15, 0.2) is 0 Å². The number of nitrogens with zero attached hydrogens (tertiary/aromatic N) is 1. The molecule has 3 aliphatic rings. The molecule has 2 fully saturated rings. The van der Waals surface area contributed by atoms with Gasteiger partial charge in [0.1, 0.15) is 19.1 Å². The van der Waals surface area contributed by atoms with Crippen molar-refractivity contribution in [1.29, 1.82) is 0 Å². The number of hydrogen-bond acceptors (Lipinski definition) is 1. The van der Waals surface area contributed by atoms with Gasteiger partial charge in [-0.15, -0.1) is 0 Å². The molecular weight excluding hydrogens is 386 g/mol. The number of rotatable bonds is 1. The highest BCUT2D eigenvalue weighted by Gasteiger charge is 2.50. The molecule has 1 spiro atoms. The highest BCUT2D eigenvalue weighted by atomic mass is 79.9. The Morgan fingerprint density at radius 3 is 2.77 bits per heavy atom. The number of hydrogen-bond donors (Lipinski definition) is 0. The first-order valence-electron chi connectivity index (χ1n) is 9.65. The molecule has 4 atom stereocenters. The minimum Gasteiger partial charge on any atom is -0.369 e. The molecule has 1 aliphatic carbocycles. The van der Waals surface area contributed by atoms with Gasteiger partial charge in [0, 0.05) is 16.3 Å². The normalized spacial score (nSPS) is 32.8. The van der Waals surface area contributed by atoms with Gasteiger partial charge in [0.25, 0.3) is 0 Å². The molecular formula is C23H25BrNO+. The first-order chi connectivity index (χ1) is 12.7. The first-order valence-corrected chi connectivity index (χ1v) is 10.4. The molecule has 0 saturated carbocycles. The van der Waals surface area contributed by atoms with Crippen LogP contribution >= 0.6 is 15.9 Å². The van der Waals surface area contributed by atoms with Gasteiger partial charge in [0.05, 0.1) is 19.8 Å². The summed E-state index contributed by atoms with van der Waals surface area (Å²) in [6.45, 7) is 7.75. The van der Waals surface area contributed by atoms with Crippen LogP contribution in [0.25, 0.3) is 6.08 Å². The second-order valence-electron chi connectivity index (χ2n) is 8.19. The van der Waals surface area contributed by atoms with Gasteiger partial charge >= 0.3 is 0 Å². The van der Waals surface area contributed by atoms with E-state index in [9.17, 15) is 0 Å². The fraction of sp³-hybridized carbons (Fsp3) is 0.391. The van der Waals surface area contributed by atoms with E-state index in [4.69, 9.17) is 4.74 Å². The maximum Gasteiger partial charge on any atom is 0.110 e. The highest BCUT2D eigenvalue weighted by molar-refractivity contribution is 9.10. The van der Waals surface area contributed by atoms with Crippen molar-refractivity contribution < 1.29 is 9.22 Å². The second kappa shape index (κ2) is 6.33. The minimum atomic E-state index is 0.455. The Bertz CT molecular complexity index is 862. The molecule has 0 N–H and O–H groups in total. The van der Waals surface area contributed by atoms with Crippen LogP contribution in [0.15, 0.2) is 58.6 Å². The van der Waals surface area contributed by atoms with Crippen molar-refractivity contribution in [2.45, 2.75) is 18.9 Å². The summed E-state index contributed by atoms with van der Waals surface area (Å²) in [6.07, 6.45) is 2.49. The SMILES string of the molecule is CC1COCC[N+]12CC1=Cc3ccc(Br)cc3C(c3ccccc3)C1C2. The fourth-order valence-corrected chi connectivity index (χ4v) is 5.73. The molecule has 0 radical (unpaired) electrons. The Balaban J connectivity index is 1.63. The lowest BCUT2D eigenvalue weighted by Crippen LogP contribution is -2.59. The van der Waals surface area contributed by atoms with Gasteiger partial charge in [-0.05, 0) is 47.4 Å². The van der Waals surface area contributed by atoms with Crippen molar-refractivity contribution in [1.82, 2.24) is 0 Å². The van der Waals surface area contributed by atoms with Crippen LogP contribution < -0.4 is 0 Å². The van der Waals surface area contributed by atoms with E-state index < -0.39 is 0 Å². The molecule has 4 unspecified atom stereocenters. The topological polar surface area (TPSA) is 9.23 Å². The minimum absolute atomic E-state index is 0.455. The summed E-state index contributed by atoms with van der Waals surface area (Å²) in [5, 5.41) is 0. The van der Waals surface area contributed by atoms with Crippen LogP contribution in [-0.4, -0.2) is 43.4 Å². The zero-order valence-corrected chi connectivity index (χ0v) is 16.8. The smallest absolute Gasteiger partial charge is 0.110 e. The highest BCUT2D eigenvalue weighted by Crippen LogP contribution is 2.49. The molecule has 2 heterocycles. The summed E-state index contributed by atoms with van der Waals surface area (Å²) in [6, 6.07) is 18.5. The van der Waals surface area contributed by atoms with Crippen LogP contribution in [0.2, 0.25) is 0 Å². The van der Waals surface area contributed by atoms with E-state index in [0.29, 0.717) is 17.9 Å². The summed E-state index contributed by atoms with van der Waals surface area (Å²) in [7, 11) is 0. The van der Waals surface area contributed by atoms with Crippen LogP contribution in [-0.2, 0) is 4.74 Å². The number of fused-ring (bicyclic) bond motifs is 2. The maximum absolute atomic E-state index is 5.77. The Morgan fingerprint density at radius 2 is 1.96 bits per heavy atom. The summed E-state index contributed by atoms with van der Waals surface area (Å²) in [4.78, 5) is 0. The zero-order chi connectivity index (χ0) is 17.7. The van der Waals surface area contributed by atoms with Gasteiger partial charge < -0.3 is 9.22 Å². The van der Waals surface area contributed by atoms with Crippen molar-refractivity contribution >= 4 is 22.0 Å². The van der Waals surface area contributed by atoms with E-state index in [-0.39, 0.29) is 0 Å². The standard InChI is InChI=1S/C23H25BrNO/c1-16-15-26-10-9-25(16)13-19-11-18-7-8-20(24)12-21(18)23(22(19)14-25)17-5-3-2-4-6-17/h2-8,11-12,16,22-23H,9-10,13-15H2,1H3/q+1. The third-order valence-corrected chi connectivity index (χ3v) is 7.29. The van der Waals surface area contributed by atoms with E-state index in [2.05, 4.69) is 77.5 Å². The number of quaternary nitrogens is 1. The summed E-state index contributed by atoms with van der Waals surface area (Å²) in [5.41, 5.74) is 5.96. The largest absolute Gasteiger partial charge is 0.369 e. The summed E-state index contributed by atoms with van der Waals surface area (Å²) < 4.78 is 8.15. The van der Waals surface area contributed by atoms with Crippen LogP contribution in [0.3, 0.4) is 0 Å². The lowest BCUT2D eigenvalue weighted by atomic mass is 9.73. The van der Waals surface area contributed by atoms with Crippen molar-refractivity contribution in [2.24, 2.45) is 5.92 Å². The monoisotopic (exact) mass is 410 g/mol. The Hall–Kier alpha value is -1.42. The average molecular weight is 411 g/mol. The second-order valence-corrected chi connectivity index (χ2v) is 9.11.